The molecule has 0 saturated carbocycles. The van der Waals surface area contributed by atoms with E-state index in [1.54, 1.807) is 6.20 Å². The highest BCUT2D eigenvalue weighted by molar-refractivity contribution is 7.97. The van der Waals surface area contributed by atoms with Crippen molar-refractivity contribution in [2.45, 2.75) is 18.4 Å². The number of rotatable bonds is 6. The summed E-state index contributed by atoms with van der Waals surface area (Å²) in [6, 6.07) is 10.1. The molecule has 6 nitrogen and oxygen atoms in total. The first-order valence-electron chi connectivity index (χ1n) is 7.49. The lowest BCUT2D eigenvalue weighted by Gasteiger charge is -2.08. The van der Waals surface area contributed by atoms with Crippen molar-refractivity contribution in [3.63, 3.8) is 0 Å². The summed E-state index contributed by atoms with van der Waals surface area (Å²) in [4.78, 5) is 20.8. The van der Waals surface area contributed by atoms with Gasteiger partial charge >= 0.3 is 5.97 Å². The molecule has 3 rings (SSSR count). The normalized spacial score (nSPS) is 10.9. The number of nitrogens with one attached hydrogen (secondary N) is 1. The Labute approximate surface area is 144 Å². The van der Waals surface area contributed by atoms with Crippen molar-refractivity contribution in [1.29, 1.82) is 0 Å². The molecule has 0 unspecified atom stereocenters. The molecule has 7 heteroatoms. The van der Waals surface area contributed by atoms with Gasteiger partial charge in [-0.05, 0) is 42.6 Å². The van der Waals surface area contributed by atoms with Crippen molar-refractivity contribution in [3.05, 3.63) is 54.1 Å². The fraction of sp³-hybridized carbons (Fsp3) is 0.235. The van der Waals surface area contributed by atoms with Crippen LogP contribution in [-0.2, 0) is 16.1 Å². The van der Waals surface area contributed by atoms with Crippen LogP contribution in [0.15, 0.2) is 47.6 Å². The van der Waals surface area contributed by atoms with Crippen LogP contribution < -0.4 is 4.72 Å². The molecule has 0 radical (unpaired) electrons. The van der Waals surface area contributed by atoms with E-state index >= 15 is 0 Å². The van der Waals surface area contributed by atoms with Gasteiger partial charge in [-0.1, -0.05) is 12.1 Å². The number of ether oxygens (including phenoxy) is 1. The fourth-order valence-electron chi connectivity index (χ4n) is 2.39. The Kier molecular flexibility index (Phi) is 5.12. The summed E-state index contributed by atoms with van der Waals surface area (Å²) < 4.78 is 9.71. The Morgan fingerprint density at radius 2 is 2.08 bits per heavy atom. The van der Waals surface area contributed by atoms with Crippen molar-refractivity contribution >= 4 is 29.0 Å². The first-order chi connectivity index (χ1) is 11.7. The van der Waals surface area contributed by atoms with Crippen LogP contribution in [0, 0.1) is 6.92 Å². The molecule has 3 aromatic rings. The number of carbonyl (C=O) groups is 1. The number of hydrogen-bond donors (Lipinski definition) is 1. The summed E-state index contributed by atoms with van der Waals surface area (Å²) in [5.74, 6) is 0.686. The van der Waals surface area contributed by atoms with E-state index in [1.165, 1.54) is 24.6 Å². The Balaban J connectivity index is 1.67. The SMILES string of the molecule is COC(=O)CNSc1ccc(Cn2c(C)nc3ccncc32)cc1. The number of aryl methyl sites for hydroxylation is 1. The smallest absolute Gasteiger partial charge is 0.320 e. The van der Waals surface area contributed by atoms with Gasteiger partial charge < -0.3 is 9.30 Å². The second kappa shape index (κ2) is 7.46. The van der Waals surface area contributed by atoms with E-state index in [2.05, 4.69) is 36.1 Å². The number of esters is 1. The minimum atomic E-state index is -0.282. The van der Waals surface area contributed by atoms with Crippen LogP contribution in [0.2, 0.25) is 0 Å². The van der Waals surface area contributed by atoms with Crippen LogP contribution in [-0.4, -0.2) is 34.2 Å². The number of hydrogen-bond acceptors (Lipinski definition) is 6. The van der Waals surface area contributed by atoms with Crippen LogP contribution in [0.3, 0.4) is 0 Å². The maximum absolute atomic E-state index is 11.1. The average molecular weight is 342 g/mol. The molecule has 0 aliphatic heterocycles. The number of carbonyl (C=O) groups excluding carboxylic acids is 1. The van der Waals surface area contributed by atoms with E-state index < -0.39 is 0 Å². The Morgan fingerprint density at radius 1 is 1.29 bits per heavy atom. The number of methoxy groups -OCH3 is 1. The second-order valence-corrected chi connectivity index (χ2v) is 6.22. The summed E-state index contributed by atoms with van der Waals surface area (Å²) >= 11 is 1.41. The van der Waals surface area contributed by atoms with Gasteiger partial charge in [-0.2, -0.15) is 0 Å². The van der Waals surface area contributed by atoms with E-state index in [0.717, 1.165) is 28.3 Å². The van der Waals surface area contributed by atoms with Gasteiger partial charge in [-0.15, -0.1) is 0 Å². The minimum Gasteiger partial charge on any atom is -0.468 e. The van der Waals surface area contributed by atoms with Gasteiger partial charge in [0.15, 0.2) is 0 Å². The molecule has 1 aromatic carbocycles. The summed E-state index contributed by atoms with van der Waals surface area (Å²) in [5.41, 5.74) is 3.17. The third kappa shape index (κ3) is 3.74. The first kappa shape index (κ1) is 16.5. The lowest BCUT2D eigenvalue weighted by atomic mass is 10.2. The zero-order chi connectivity index (χ0) is 16.9. The summed E-state index contributed by atoms with van der Waals surface area (Å²) in [6.07, 6.45) is 3.60. The molecule has 24 heavy (non-hydrogen) atoms. The standard InChI is InChI=1S/C17H18N4O2S/c1-12-20-15-7-8-18-9-16(15)21(12)11-13-3-5-14(6-4-13)24-19-10-17(22)23-2/h3-9,19H,10-11H2,1-2H3. The van der Waals surface area contributed by atoms with Gasteiger partial charge in [0.05, 0.1) is 24.3 Å². The molecule has 1 N–H and O–H groups in total. The number of benzene rings is 1. The number of fused-ring (bicyclic) bond motifs is 1. The molecular weight excluding hydrogens is 324 g/mol. The zero-order valence-electron chi connectivity index (χ0n) is 13.5. The van der Waals surface area contributed by atoms with Gasteiger partial charge in [0.25, 0.3) is 0 Å². The molecule has 0 aliphatic carbocycles. The molecule has 2 aromatic heterocycles. The van der Waals surface area contributed by atoms with Crippen molar-refractivity contribution < 1.29 is 9.53 Å². The predicted molar refractivity (Wildman–Crippen MR) is 93.7 cm³/mol. The van der Waals surface area contributed by atoms with Crippen LogP contribution in [0.4, 0.5) is 0 Å². The van der Waals surface area contributed by atoms with E-state index in [0.29, 0.717) is 0 Å². The van der Waals surface area contributed by atoms with Gasteiger partial charge in [-0.25, -0.2) is 9.71 Å². The van der Waals surface area contributed by atoms with E-state index in [-0.39, 0.29) is 12.5 Å². The van der Waals surface area contributed by atoms with Gasteiger partial charge in [0.1, 0.15) is 12.4 Å². The van der Waals surface area contributed by atoms with Crippen LogP contribution in [0.1, 0.15) is 11.4 Å². The molecule has 0 saturated heterocycles. The number of imidazole rings is 1. The molecule has 124 valence electrons. The molecular formula is C17H18N4O2S. The van der Waals surface area contributed by atoms with E-state index in [9.17, 15) is 4.79 Å². The van der Waals surface area contributed by atoms with Crippen molar-refractivity contribution in [2.24, 2.45) is 0 Å². The molecule has 2 heterocycles. The summed E-state index contributed by atoms with van der Waals surface area (Å²) in [5, 5.41) is 0. The van der Waals surface area contributed by atoms with Crippen LogP contribution in [0.5, 0.6) is 0 Å². The predicted octanol–water partition coefficient (Wildman–Crippen LogP) is 2.56. The summed E-state index contributed by atoms with van der Waals surface area (Å²) in [6.45, 7) is 2.92. The molecule has 0 atom stereocenters. The zero-order valence-corrected chi connectivity index (χ0v) is 14.3. The average Bonchev–Trinajstić information content (AvgIpc) is 2.92. The quantitative estimate of drug-likeness (QED) is 0.548. The maximum Gasteiger partial charge on any atom is 0.320 e. The van der Waals surface area contributed by atoms with Crippen molar-refractivity contribution in [3.8, 4) is 0 Å². The maximum atomic E-state index is 11.1. The highest BCUT2D eigenvalue weighted by Crippen LogP contribution is 2.19. The first-order valence-corrected chi connectivity index (χ1v) is 8.31. The second-order valence-electron chi connectivity index (χ2n) is 5.25. The summed E-state index contributed by atoms with van der Waals surface area (Å²) in [7, 11) is 1.38. The molecule has 0 spiro atoms. The van der Waals surface area contributed by atoms with Crippen molar-refractivity contribution in [2.75, 3.05) is 13.7 Å². The lowest BCUT2D eigenvalue weighted by Crippen LogP contribution is -2.17. The van der Waals surface area contributed by atoms with Gasteiger partial charge in [-0.3, -0.25) is 9.78 Å². The molecule has 0 bridgehead atoms. The lowest BCUT2D eigenvalue weighted by molar-refractivity contribution is -0.139. The van der Waals surface area contributed by atoms with Crippen molar-refractivity contribution in [1.82, 2.24) is 19.3 Å². The third-order valence-electron chi connectivity index (χ3n) is 3.64. The third-order valence-corrected chi connectivity index (χ3v) is 4.44. The molecule has 0 fully saturated rings. The van der Waals surface area contributed by atoms with Crippen LogP contribution in [0.25, 0.3) is 11.0 Å². The highest BCUT2D eigenvalue weighted by atomic mass is 32.2. The Morgan fingerprint density at radius 3 is 2.83 bits per heavy atom. The van der Waals surface area contributed by atoms with Gasteiger partial charge in [0, 0.05) is 17.6 Å². The fourth-order valence-corrected chi connectivity index (χ4v) is 3.01. The molecule has 0 amide bonds. The number of nitrogens with zero attached hydrogens (tertiary/aromatic N) is 3. The number of pyridine rings is 1. The Hall–Kier alpha value is -2.38. The monoisotopic (exact) mass is 342 g/mol. The molecule has 0 aliphatic rings. The number of aromatic nitrogens is 3. The van der Waals surface area contributed by atoms with E-state index in [4.69, 9.17) is 0 Å². The largest absolute Gasteiger partial charge is 0.468 e. The Bertz CT molecular complexity index is 845. The topological polar surface area (TPSA) is 69.0 Å². The minimum absolute atomic E-state index is 0.177. The van der Waals surface area contributed by atoms with Gasteiger partial charge in [0.2, 0.25) is 0 Å². The highest BCUT2D eigenvalue weighted by Gasteiger charge is 2.08. The van der Waals surface area contributed by atoms with E-state index in [1.807, 2.05) is 31.3 Å². The van der Waals surface area contributed by atoms with Crippen LogP contribution >= 0.6 is 11.9 Å².